The van der Waals surface area contributed by atoms with Crippen LogP contribution in [0.25, 0.3) is 6.08 Å². The number of rotatable bonds is 3. The maximum absolute atomic E-state index is 11.8. The number of carbonyl (C=O) groups excluding carboxylic acids is 1. The highest BCUT2D eigenvalue weighted by Gasteiger charge is 2.19. The van der Waals surface area contributed by atoms with E-state index in [1.54, 1.807) is 30.3 Å². The third-order valence-electron chi connectivity index (χ3n) is 3.51. The average molecular weight is 270 g/mol. The van der Waals surface area contributed by atoms with Crippen molar-refractivity contribution < 1.29 is 9.90 Å². The molecule has 0 unspecified atom stereocenters. The summed E-state index contributed by atoms with van der Waals surface area (Å²) < 4.78 is 0. The van der Waals surface area contributed by atoms with Crippen molar-refractivity contribution in [3.63, 3.8) is 0 Å². The first-order valence-electron chi connectivity index (χ1n) is 6.84. The number of nitrogens with one attached hydrogen (secondary N) is 1. The highest BCUT2D eigenvalue weighted by molar-refractivity contribution is 5.91. The summed E-state index contributed by atoms with van der Waals surface area (Å²) in [5.41, 5.74) is 1.49. The second-order valence-electron chi connectivity index (χ2n) is 5.08. The number of nitrogens with zero attached hydrogens (tertiary/aromatic N) is 1. The van der Waals surface area contributed by atoms with Crippen LogP contribution >= 0.6 is 0 Å². The number of hydrogen-bond acceptors (Lipinski definition) is 3. The Bertz CT molecular complexity index is 520. The van der Waals surface area contributed by atoms with Crippen molar-refractivity contribution in [2.24, 2.45) is 0 Å². The summed E-state index contributed by atoms with van der Waals surface area (Å²) in [4.78, 5) is 11.8. The van der Waals surface area contributed by atoms with Gasteiger partial charge in [0.15, 0.2) is 0 Å². The Morgan fingerprint density at radius 3 is 2.50 bits per heavy atom. The fourth-order valence-electron chi connectivity index (χ4n) is 2.31. The molecule has 0 heterocycles. The van der Waals surface area contributed by atoms with E-state index in [0.717, 1.165) is 31.2 Å². The van der Waals surface area contributed by atoms with Crippen LogP contribution < -0.4 is 5.32 Å². The minimum atomic E-state index is -0.211. The molecule has 4 nitrogen and oxygen atoms in total. The molecular formula is C16H18N2O2. The van der Waals surface area contributed by atoms with Gasteiger partial charge in [-0.15, -0.1) is 0 Å². The van der Waals surface area contributed by atoms with E-state index < -0.39 is 0 Å². The van der Waals surface area contributed by atoms with Gasteiger partial charge in [0.05, 0.1) is 17.7 Å². The average Bonchev–Trinajstić information content (AvgIpc) is 2.48. The maximum Gasteiger partial charge on any atom is 0.244 e. The summed E-state index contributed by atoms with van der Waals surface area (Å²) in [5.74, 6) is -0.115. The SMILES string of the molecule is N#Cc1ccc(/C=C/C(=O)NC2CCC(O)CC2)cc1. The van der Waals surface area contributed by atoms with E-state index in [1.165, 1.54) is 6.08 Å². The van der Waals surface area contributed by atoms with Crippen LogP contribution in [0.1, 0.15) is 36.8 Å². The Kier molecular flexibility index (Phi) is 4.91. The molecule has 4 heteroatoms. The van der Waals surface area contributed by atoms with Gasteiger partial charge >= 0.3 is 0 Å². The number of nitriles is 1. The molecule has 1 amide bonds. The topological polar surface area (TPSA) is 73.1 Å². The van der Waals surface area contributed by atoms with Gasteiger partial charge in [-0.3, -0.25) is 4.79 Å². The Labute approximate surface area is 118 Å². The second kappa shape index (κ2) is 6.88. The Hall–Kier alpha value is -2.12. The molecule has 2 rings (SSSR count). The van der Waals surface area contributed by atoms with Gasteiger partial charge in [0.25, 0.3) is 0 Å². The van der Waals surface area contributed by atoms with Gasteiger partial charge in [0.2, 0.25) is 5.91 Å². The van der Waals surface area contributed by atoms with Crippen molar-refractivity contribution in [3.05, 3.63) is 41.5 Å². The fourth-order valence-corrected chi connectivity index (χ4v) is 2.31. The molecule has 0 radical (unpaired) electrons. The third-order valence-corrected chi connectivity index (χ3v) is 3.51. The molecular weight excluding hydrogens is 252 g/mol. The first-order valence-corrected chi connectivity index (χ1v) is 6.84. The number of hydrogen-bond donors (Lipinski definition) is 2. The van der Waals surface area contributed by atoms with Crippen LogP contribution in [0.5, 0.6) is 0 Å². The summed E-state index contributed by atoms with van der Waals surface area (Å²) in [5, 5.41) is 21.0. The lowest BCUT2D eigenvalue weighted by molar-refractivity contribution is -0.117. The number of carbonyl (C=O) groups is 1. The van der Waals surface area contributed by atoms with Crippen LogP contribution in [-0.4, -0.2) is 23.2 Å². The predicted molar refractivity (Wildman–Crippen MR) is 76.6 cm³/mol. The van der Waals surface area contributed by atoms with Gasteiger partial charge in [0.1, 0.15) is 0 Å². The zero-order chi connectivity index (χ0) is 14.4. The molecule has 2 N–H and O–H groups in total. The normalized spacial score (nSPS) is 22.4. The molecule has 0 bridgehead atoms. The number of aliphatic hydroxyl groups excluding tert-OH is 1. The number of benzene rings is 1. The molecule has 0 aliphatic heterocycles. The minimum Gasteiger partial charge on any atom is -0.393 e. The summed E-state index contributed by atoms with van der Waals surface area (Å²) in [6.07, 6.45) is 6.20. The summed E-state index contributed by atoms with van der Waals surface area (Å²) in [6, 6.07) is 9.27. The number of aliphatic hydroxyl groups is 1. The first-order chi connectivity index (χ1) is 9.67. The van der Waals surface area contributed by atoms with Gasteiger partial charge in [0, 0.05) is 12.1 Å². The monoisotopic (exact) mass is 270 g/mol. The van der Waals surface area contributed by atoms with Gasteiger partial charge in [-0.25, -0.2) is 0 Å². The van der Waals surface area contributed by atoms with Crippen LogP contribution in [0.15, 0.2) is 30.3 Å². The summed E-state index contributed by atoms with van der Waals surface area (Å²) in [7, 11) is 0. The maximum atomic E-state index is 11.8. The van der Waals surface area contributed by atoms with Crippen LogP contribution in [0.4, 0.5) is 0 Å². The highest BCUT2D eigenvalue weighted by atomic mass is 16.3. The zero-order valence-electron chi connectivity index (χ0n) is 11.2. The van der Waals surface area contributed by atoms with Gasteiger partial charge < -0.3 is 10.4 Å². The van der Waals surface area contributed by atoms with E-state index in [0.29, 0.717) is 5.56 Å². The lowest BCUT2D eigenvalue weighted by atomic mass is 9.93. The molecule has 20 heavy (non-hydrogen) atoms. The second-order valence-corrected chi connectivity index (χ2v) is 5.08. The molecule has 104 valence electrons. The minimum absolute atomic E-state index is 0.115. The molecule has 0 saturated heterocycles. The van der Waals surface area contributed by atoms with E-state index in [9.17, 15) is 9.90 Å². The largest absolute Gasteiger partial charge is 0.393 e. The number of amides is 1. The quantitative estimate of drug-likeness (QED) is 0.825. The van der Waals surface area contributed by atoms with E-state index in [-0.39, 0.29) is 18.1 Å². The fraction of sp³-hybridized carbons (Fsp3) is 0.375. The molecule has 1 aliphatic rings. The summed E-state index contributed by atoms with van der Waals surface area (Å²) >= 11 is 0. The smallest absolute Gasteiger partial charge is 0.244 e. The van der Waals surface area contributed by atoms with E-state index in [1.807, 2.05) is 0 Å². The molecule has 0 aromatic heterocycles. The summed E-state index contributed by atoms with van der Waals surface area (Å²) in [6.45, 7) is 0. The Morgan fingerprint density at radius 2 is 1.90 bits per heavy atom. The molecule has 1 aromatic carbocycles. The van der Waals surface area contributed by atoms with Crippen molar-refractivity contribution >= 4 is 12.0 Å². The Balaban J connectivity index is 1.84. The van der Waals surface area contributed by atoms with Gasteiger partial charge in [-0.05, 0) is 49.5 Å². The third kappa shape index (κ3) is 4.22. The van der Waals surface area contributed by atoms with Crippen molar-refractivity contribution in [1.29, 1.82) is 5.26 Å². The van der Waals surface area contributed by atoms with Gasteiger partial charge in [-0.2, -0.15) is 5.26 Å². The zero-order valence-corrected chi connectivity index (χ0v) is 11.2. The van der Waals surface area contributed by atoms with E-state index >= 15 is 0 Å². The van der Waals surface area contributed by atoms with E-state index in [2.05, 4.69) is 11.4 Å². The predicted octanol–water partition coefficient (Wildman–Crippen LogP) is 1.99. The van der Waals surface area contributed by atoms with Crippen LogP contribution in [-0.2, 0) is 4.79 Å². The lowest BCUT2D eigenvalue weighted by Gasteiger charge is -2.25. The van der Waals surface area contributed by atoms with E-state index in [4.69, 9.17) is 5.26 Å². The molecule has 1 aliphatic carbocycles. The molecule has 1 saturated carbocycles. The van der Waals surface area contributed by atoms with Gasteiger partial charge in [-0.1, -0.05) is 12.1 Å². The first kappa shape index (κ1) is 14.3. The molecule has 0 atom stereocenters. The Morgan fingerprint density at radius 1 is 1.25 bits per heavy atom. The molecule has 1 aromatic rings. The molecule has 1 fully saturated rings. The molecule has 0 spiro atoms. The van der Waals surface area contributed by atoms with Crippen LogP contribution in [0, 0.1) is 11.3 Å². The highest BCUT2D eigenvalue weighted by Crippen LogP contribution is 2.18. The standard InChI is InChI=1S/C16H18N2O2/c17-11-13-3-1-12(2-4-13)5-10-16(20)18-14-6-8-15(19)9-7-14/h1-5,10,14-15,19H,6-9H2,(H,18,20)/b10-5+. The van der Waals surface area contributed by atoms with Crippen molar-refractivity contribution in [3.8, 4) is 6.07 Å². The van der Waals surface area contributed by atoms with Crippen molar-refractivity contribution in [1.82, 2.24) is 5.32 Å². The van der Waals surface area contributed by atoms with Crippen LogP contribution in [0.2, 0.25) is 0 Å². The van der Waals surface area contributed by atoms with Crippen molar-refractivity contribution in [2.75, 3.05) is 0 Å². The lowest BCUT2D eigenvalue weighted by Crippen LogP contribution is -2.37. The van der Waals surface area contributed by atoms with Crippen molar-refractivity contribution in [2.45, 2.75) is 37.8 Å². The van der Waals surface area contributed by atoms with Crippen LogP contribution in [0.3, 0.4) is 0 Å².